The summed E-state index contributed by atoms with van der Waals surface area (Å²) in [5.74, 6) is 0.708. The Bertz CT molecular complexity index is 798. The third kappa shape index (κ3) is 4.42. The molecule has 2 aromatic rings. The number of carbonyl (C=O) groups excluding carboxylic acids is 1. The van der Waals surface area contributed by atoms with Gasteiger partial charge in [0.2, 0.25) is 0 Å². The van der Waals surface area contributed by atoms with Crippen molar-refractivity contribution in [1.29, 1.82) is 0 Å². The van der Waals surface area contributed by atoms with Crippen LogP contribution in [0.3, 0.4) is 0 Å². The normalized spacial score (nSPS) is 16.1. The molecular formula is C22H28N2O3. The molecule has 144 valence electrons. The molecule has 0 bridgehead atoms. The molecule has 5 heteroatoms. The fourth-order valence-electron chi connectivity index (χ4n) is 3.66. The lowest BCUT2D eigenvalue weighted by Crippen LogP contribution is -2.47. The summed E-state index contributed by atoms with van der Waals surface area (Å²) in [4.78, 5) is 16.2. The van der Waals surface area contributed by atoms with Crippen LogP contribution in [0, 0.1) is 6.92 Å². The van der Waals surface area contributed by atoms with E-state index in [1.165, 1.54) is 18.2 Å². The van der Waals surface area contributed by atoms with E-state index in [0.29, 0.717) is 11.5 Å². The average Bonchev–Trinajstić information content (AvgIpc) is 2.68. The number of para-hydroxylation sites is 1. The van der Waals surface area contributed by atoms with Gasteiger partial charge in [0.25, 0.3) is 0 Å². The number of esters is 1. The van der Waals surface area contributed by atoms with Crippen molar-refractivity contribution in [2.24, 2.45) is 0 Å². The van der Waals surface area contributed by atoms with Gasteiger partial charge in [-0.15, -0.1) is 0 Å². The van der Waals surface area contributed by atoms with Crippen molar-refractivity contribution >= 4 is 11.7 Å². The molecule has 0 aromatic heterocycles. The Kier molecular flexibility index (Phi) is 6.01. The second-order valence-corrected chi connectivity index (χ2v) is 6.99. The highest BCUT2D eigenvalue weighted by molar-refractivity contribution is 5.70. The maximum Gasteiger partial charge on any atom is 0.308 e. The third-order valence-electron chi connectivity index (χ3n) is 5.24. The minimum atomic E-state index is -0.346. The van der Waals surface area contributed by atoms with Crippen LogP contribution < -0.4 is 14.4 Å². The summed E-state index contributed by atoms with van der Waals surface area (Å²) in [6.45, 7) is 9.80. The topological polar surface area (TPSA) is 42.0 Å². The Balaban J connectivity index is 1.68. The summed E-state index contributed by atoms with van der Waals surface area (Å²) in [5, 5.41) is 0. The van der Waals surface area contributed by atoms with Gasteiger partial charge in [-0.2, -0.15) is 0 Å². The summed E-state index contributed by atoms with van der Waals surface area (Å²) in [6.07, 6.45) is 0. The largest absolute Gasteiger partial charge is 0.493 e. The highest BCUT2D eigenvalue weighted by atomic mass is 16.6. The Morgan fingerprint density at radius 2 is 1.74 bits per heavy atom. The fourth-order valence-corrected chi connectivity index (χ4v) is 3.66. The van der Waals surface area contributed by atoms with Crippen LogP contribution >= 0.6 is 0 Å². The van der Waals surface area contributed by atoms with Crippen molar-refractivity contribution in [2.75, 3.05) is 38.2 Å². The van der Waals surface area contributed by atoms with Crippen LogP contribution in [0.1, 0.15) is 31.0 Å². The predicted octanol–water partition coefficient (Wildman–Crippen LogP) is 3.81. The van der Waals surface area contributed by atoms with Crippen LogP contribution in [0.4, 0.5) is 5.69 Å². The van der Waals surface area contributed by atoms with Crippen molar-refractivity contribution in [1.82, 2.24) is 4.90 Å². The molecule has 27 heavy (non-hydrogen) atoms. The number of benzene rings is 2. The lowest BCUT2D eigenvalue weighted by atomic mass is 10.0. The fraction of sp³-hybridized carbons (Fsp3) is 0.409. The molecule has 0 N–H and O–H groups in total. The van der Waals surface area contributed by atoms with Crippen molar-refractivity contribution < 1.29 is 14.3 Å². The lowest BCUT2D eigenvalue weighted by molar-refractivity contribution is -0.132. The number of rotatable bonds is 5. The first-order valence-corrected chi connectivity index (χ1v) is 9.40. The van der Waals surface area contributed by atoms with Crippen molar-refractivity contribution in [3.8, 4) is 11.5 Å². The summed E-state index contributed by atoms with van der Waals surface area (Å²) in [7, 11) is 1.59. The van der Waals surface area contributed by atoms with Gasteiger partial charge in [0.1, 0.15) is 0 Å². The first-order chi connectivity index (χ1) is 13.0. The van der Waals surface area contributed by atoms with Crippen molar-refractivity contribution in [2.45, 2.75) is 26.8 Å². The van der Waals surface area contributed by atoms with Gasteiger partial charge in [-0.05, 0) is 43.2 Å². The van der Waals surface area contributed by atoms with Gasteiger partial charge in [0.15, 0.2) is 11.5 Å². The SMILES string of the molecule is COc1cc(C(C)N2CCN(c3ccccc3C)CC2)ccc1OC(C)=O. The molecule has 1 atom stereocenters. The molecule has 0 saturated carbocycles. The molecule has 1 aliphatic heterocycles. The van der Waals surface area contributed by atoms with Gasteiger partial charge in [0, 0.05) is 44.8 Å². The van der Waals surface area contributed by atoms with E-state index in [4.69, 9.17) is 9.47 Å². The van der Waals surface area contributed by atoms with Crippen LogP contribution in [0.25, 0.3) is 0 Å². The zero-order chi connectivity index (χ0) is 19.4. The zero-order valence-corrected chi connectivity index (χ0v) is 16.6. The summed E-state index contributed by atoms with van der Waals surface area (Å²) < 4.78 is 10.6. The van der Waals surface area contributed by atoms with Crippen molar-refractivity contribution in [3.05, 3.63) is 53.6 Å². The van der Waals surface area contributed by atoms with E-state index in [2.05, 4.69) is 47.9 Å². The number of anilines is 1. The Morgan fingerprint density at radius 1 is 1.04 bits per heavy atom. The maximum absolute atomic E-state index is 11.2. The number of hydrogen-bond donors (Lipinski definition) is 0. The van der Waals surface area contributed by atoms with Gasteiger partial charge in [0.05, 0.1) is 7.11 Å². The molecule has 3 rings (SSSR count). The molecule has 2 aromatic carbocycles. The molecule has 1 saturated heterocycles. The van der Waals surface area contributed by atoms with Crippen LogP contribution in [-0.4, -0.2) is 44.2 Å². The lowest BCUT2D eigenvalue weighted by Gasteiger charge is -2.39. The van der Waals surface area contributed by atoms with Gasteiger partial charge in [-0.25, -0.2) is 0 Å². The van der Waals surface area contributed by atoms with E-state index in [1.54, 1.807) is 7.11 Å². The zero-order valence-electron chi connectivity index (χ0n) is 16.6. The number of methoxy groups -OCH3 is 1. The molecule has 5 nitrogen and oxygen atoms in total. The second kappa shape index (κ2) is 8.44. The second-order valence-electron chi connectivity index (χ2n) is 6.99. The van der Waals surface area contributed by atoms with Crippen LogP contribution in [0.5, 0.6) is 11.5 Å². The van der Waals surface area contributed by atoms with E-state index in [0.717, 1.165) is 31.7 Å². The summed E-state index contributed by atoms with van der Waals surface area (Å²) >= 11 is 0. The van der Waals surface area contributed by atoms with Crippen LogP contribution in [0.15, 0.2) is 42.5 Å². The monoisotopic (exact) mass is 368 g/mol. The number of carbonyl (C=O) groups is 1. The summed E-state index contributed by atoms with van der Waals surface area (Å²) in [6, 6.07) is 14.6. The van der Waals surface area contributed by atoms with Gasteiger partial charge in [-0.3, -0.25) is 9.69 Å². The molecule has 1 fully saturated rings. The van der Waals surface area contributed by atoms with Gasteiger partial charge in [-0.1, -0.05) is 24.3 Å². The van der Waals surface area contributed by atoms with Gasteiger partial charge < -0.3 is 14.4 Å². The van der Waals surface area contributed by atoms with Gasteiger partial charge >= 0.3 is 5.97 Å². The molecule has 1 aliphatic rings. The first-order valence-electron chi connectivity index (χ1n) is 9.40. The van der Waals surface area contributed by atoms with Crippen molar-refractivity contribution in [3.63, 3.8) is 0 Å². The molecule has 0 spiro atoms. The average molecular weight is 368 g/mol. The Hall–Kier alpha value is -2.53. The Labute approximate surface area is 161 Å². The van der Waals surface area contributed by atoms with E-state index < -0.39 is 0 Å². The van der Waals surface area contributed by atoms with E-state index in [-0.39, 0.29) is 12.0 Å². The number of aryl methyl sites for hydroxylation is 1. The molecule has 0 amide bonds. The number of ether oxygens (including phenoxy) is 2. The summed E-state index contributed by atoms with van der Waals surface area (Å²) in [5.41, 5.74) is 3.81. The third-order valence-corrected chi connectivity index (χ3v) is 5.24. The molecular weight excluding hydrogens is 340 g/mol. The van der Waals surface area contributed by atoms with E-state index in [1.807, 2.05) is 18.2 Å². The number of hydrogen-bond acceptors (Lipinski definition) is 5. The highest BCUT2D eigenvalue weighted by Gasteiger charge is 2.23. The Morgan fingerprint density at radius 3 is 2.37 bits per heavy atom. The minimum absolute atomic E-state index is 0.268. The van der Waals surface area contributed by atoms with E-state index >= 15 is 0 Å². The van der Waals surface area contributed by atoms with E-state index in [9.17, 15) is 4.79 Å². The maximum atomic E-state index is 11.2. The minimum Gasteiger partial charge on any atom is -0.493 e. The standard InChI is InChI=1S/C22H28N2O3/c1-16-7-5-6-8-20(16)24-13-11-23(12-14-24)17(2)19-9-10-21(27-18(3)25)22(15-19)26-4/h5-10,15,17H,11-14H2,1-4H3. The molecule has 1 unspecified atom stereocenters. The predicted molar refractivity (Wildman–Crippen MR) is 108 cm³/mol. The number of piperazine rings is 1. The highest BCUT2D eigenvalue weighted by Crippen LogP contribution is 2.33. The van der Waals surface area contributed by atoms with Crippen LogP contribution in [-0.2, 0) is 4.79 Å². The quantitative estimate of drug-likeness (QED) is 0.593. The van der Waals surface area contributed by atoms with Crippen LogP contribution in [0.2, 0.25) is 0 Å². The smallest absolute Gasteiger partial charge is 0.308 e. The molecule has 0 aliphatic carbocycles. The molecule has 0 radical (unpaired) electrons. The number of nitrogens with zero attached hydrogens (tertiary/aromatic N) is 2. The first kappa shape index (κ1) is 19.2. The molecule has 1 heterocycles.